The predicted molar refractivity (Wildman–Crippen MR) is 103 cm³/mol. The van der Waals surface area contributed by atoms with Gasteiger partial charge >= 0.3 is 0 Å². The predicted octanol–water partition coefficient (Wildman–Crippen LogP) is 5.82. The van der Waals surface area contributed by atoms with Crippen LogP contribution in [0.3, 0.4) is 0 Å². The number of aromatic nitrogens is 2. The van der Waals surface area contributed by atoms with E-state index in [2.05, 4.69) is 10.4 Å². The summed E-state index contributed by atoms with van der Waals surface area (Å²) in [5.41, 5.74) is 1.79. The van der Waals surface area contributed by atoms with Crippen LogP contribution in [0.1, 0.15) is 27.2 Å². The molecule has 3 rings (SSSR count). The van der Waals surface area contributed by atoms with Gasteiger partial charge in [-0.05, 0) is 35.2 Å². The molecule has 2 aromatic heterocycles. The van der Waals surface area contributed by atoms with Crippen molar-refractivity contribution in [2.75, 3.05) is 5.32 Å². The van der Waals surface area contributed by atoms with Gasteiger partial charge in [-0.15, -0.1) is 5.10 Å². The standard InChI is InChI=1S/C19H18Cl2FN3O/c1-19(2,3)10-16(26)23-18-17(11-4-6-13(22)7-5-11)14-8-12(20)9-15(21)25(14)24-18/h4-9H,10H2,1-3H3,(H,23,24,26). The fraction of sp³-hybridized carbons (Fsp3) is 0.263. The first-order valence-electron chi connectivity index (χ1n) is 8.08. The molecule has 0 aliphatic heterocycles. The highest BCUT2D eigenvalue weighted by atomic mass is 35.5. The molecule has 0 aliphatic carbocycles. The number of nitrogens with one attached hydrogen (secondary N) is 1. The van der Waals surface area contributed by atoms with Gasteiger partial charge in [0.05, 0.1) is 11.1 Å². The van der Waals surface area contributed by atoms with E-state index in [1.165, 1.54) is 16.6 Å². The summed E-state index contributed by atoms with van der Waals surface area (Å²) in [5, 5.41) is 8.03. The highest BCUT2D eigenvalue weighted by Crippen LogP contribution is 2.35. The van der Waals surface area contributed by atoms with Crippen molar-refractivity contribution in [2.45, 2.75) is 27.2 Å². The summed E-state index contributed by atoms with van der Waals surface area (Å²) in [6.07, 6.45) is 0.332. The molecule has 0 spiro atoms. The lowest BCUT2D eigenvalue weighted by Crippen LogP contribution is -2.20. The van der Waals surface area contributed by atoms with Gasteiger partial charge in [0.2, 0.25) is 5.91 Å². The van der Waals surface area contributed by atoms with Gasteiger partial charge in [-0.3, -0.25) is 4.79 Å². The minimum absolute atomic E-state index is 0.161. The maximum Gasteiger partial charge on any atom is 0.226 e. The summed E-state index contributed by atoms with van der Waals surface area (Å²) in [6.45, 7) is 5.94. The van der Waals surface area contributed by atoms with Crippen LogP contribution < -0.4 is 5.32 Å². The van der Waals surface area contributed by atoms with Crippen molar-refractivity contribution < 1.29 is 9.18 Å². The number of benzene rings is 1. The molecule has 4 nitrogen and oxygen atoms in total. The topological polar surface area (TPSA) is 46.4 Å². The first-order valence-corrected chi connectivity index (χ1v) is 8.83. The Morgan fingerprint density at radius 3 is 2.46 bits per heavy atom. The molecule has 0 unspecified atom stereocenters. The molecule has 0 bridgehead atoms. The average Bonchev–Trinajstić information content (AvgIpc) is 2.84. The van der Waals surface area contributed by atoms with Crippen LogP contribution in [0.2, 0.25) is 10.2 Å². The third-order valence-electron chi connectivity index (χ3n) is 3.74. The second kappa shape index (κ2) is 6.89. The van der Waals surface area contributed by atoms with Gasteiger partial charge in [-0.25, -0.2) is 8.91 Å². The van der Waals surface area contributed by atoms with Crippen LogP contribution in [-0.2, 0) is 4.79 Å². The maximum atomic E-state index is 13.3. The highest BCUT2D eigenvalue weighted by molar-refractivity contribution is 6.34. The van der Waals surface area contributed by atoms with E-state index < -0.39 is 0 Å². The number of anilines is 1. The summed E-state index contributed by atoms with van der Waals surface area (Å²) in [7, 11) is 0. The van der Waals surface area contributed by atoms with Crippen molar-refractivity contribution in [3.05, 3.63) is 52.4 Å². The maximum absolute atomic E-state index is 13.3. The monoisotopic (exact) mass is 393 g/mol. The van der Waals surface area contributed by atoms with E-state index in [9.17, 15) is 9.18 Å². The summed E-state index contributed by atoms with van der Waals surface area (Å²) in [5.74, 6) is -0.152. The lowest BCUT2D eigenvalue weighted by atomic mass is 9.92. The number of hydrogen-bond acceptors (Lipinski definition) is 2. The van der Waals surface area contributed by atoms with E-state index in [0.29, 0.717) is 39.1 Å². The van der Waals surface area contributed by atoms with Crippen LogP contribution >= 0.6 is 23.2 Å². The molecule has 1 amide bonds. The SMILES string of the molecule is CC(C)(C)CC(=O)Nc1nn2c(Cl)cc(Cl)cc2c1-c1ccc(F)cc1. The molecule has 0 radical (unpaired) electrons. The minimum Gasteiger partial charge on any atom is -0.309 e. The largest absolute Gasteiger partial charge is 0.309 e. The van der Waals surface area contributed by atoms with Crippen LogP contribution in [0, 0.1) is 11.2 Å². The van der Waals surface area contributed by atoms with Crippen molar-refractivity contribution in [1.29, 1.82) is 0 Å². The Balaban J connectivity index is 2.15. The number of pyridine rings is 1. The van der Waals surface area contributed by atoms with Crippen molar-refractivity contribution in [1.82, 2.24) is 9.61 Å². The Kier molecular flexibility index (Phi) is 4.95. The highest BCUT2D eigenvalue weighted by Gasteiger charge is 2.21. The second-order valence-electron chi connectivity index (χ2n) is 7.31. The number of halogens is 3. The first-order chi connectivity index (χ1) is 12.1. The zero-order valence-corrected chi connectivity index (χ0v) is 16.1. The van der Waals surface area contributed by atoms with Crippen LogP contribution in [-0.4, -0.2) is 15.5 Å². The first kappa shape index (κ1) is 18.7. The third-order valence-corrected chi connectivity index (χ3v) is 4.22. The van der Waals surface area contributed by atoms with Gasteiger partial charge in [0.1, 0.15) is 11.0 Å². The van der Waals surface area contributed by atoms with Crippen molar-refractivity contribution in [3.8, 4) is 11.1 Å². The Bertz CT molecular complexity index is 975. The fourth-order valence-corrected chi connectivity index (χ4v) is 3.23. The fourth-order valence-electron chi connectivity index (χ4n) is 2.72. The number of fused-ring (bicyclic) bond motifs is 1. The van der Waals surface area contributed by atoms with Crippen molar-refractivity contribution >= 4 is 40.4 Å². The van der Waals surface area contributed by atoms with E-state index in [1.807, 2.05) is 20.8 Å². The molecule has 0 atom stereocenters. The van der Waals surface area contributed by atoms with E-state index >= 15 is 0 Å². The summed E-state index contributed by atoms with van der Waals surface area (Å²) in [4.78, 5) is 12.4. The minimum atomic E-state index is -0.348. The molecular formula is C19H18Cl2FN3O. The second-order valence-corrected chi connectivity index (χ2v) is 8.13. The number of carbonyl (C=O) groups is 1. The lowest BCUT2D eigenvalue weighted by Gasteiger charge is -2.17. The number of amides is 1. The van der Waals surface area contributed by atoms with Gasteiger partial charge in [-0.2, -0.15) is 0 Å². The number of rotatable bonds is 3. The zero-order valence-electron chi connectivity index (χ0n) is 14.6. The third kappa shape index (κ3) is 4.00. The van der Waals surface area contributed by atoms with E-state index in [4.69, 9.17) is 23.2 Å². The van der Waals surface area contributed by atoms with E-state index in [1.54, 1.807) is 24.3 Å². The van der Waals surface area contributed by atoms with Gasteiger partial charge < -0.3 is 5.32 Å². The summed E-state index contributed by atoms with van der Waals surface area (Å²) in [6, 6.07) is 9.23. The molecule has 26 heavy (non-hydrogen) atoms. The Morgan fingerprint density at radius 2 is 1.85 bits per heavy atom. The summed E-state index contributed by atoms with van der Waals surface area (Å²) < 4.78 is 14.8. The van der Waals surface area contributed by atoms with Crippen molar-refractivity contribution in [3.63, 3.8) is 0 Å². The number of carbonyl (C=O) groups excluding carboxylic acids is 1. The molecule has 0 fully saturated rings. The molecule has 1 N–H and O–H groups in total. The molecule has 1 aromatic carbocycles. The van der Waals surface area contributed by atoms with E-state index in [-0.39, 0.29) is 17.1 Å². The number of hydrogen-bond donors (Lipinski definition) is 1. The van der Waals surface area contributed by atoms with Gasteiger partial charge in [-0.1, -0.05) is 56.1 Å². The van der Waals surface area contributed by atoms with E-state index in [0.717, 1.165) is 0 Å². The molecule has 136 valence electrons. The van der Waals surface area contributed by atoms with Gasteiger partial charge in [0, 0.05) is 11.4 Å². The number of nitrogens with zero attached hydrogens (tertiary/aromatic N) is 2. The molecular weight excluding hydrogens is 376 g/mol. The summed E-state index contributed by atoms with van der Waals surface area (Å²) >= 11 is 12.4. The molecule has 3 aromatic rings. The van der Waals surface area contributed by atoms with Crippen LogP contribution in [0.4, 0.5) is 10.2 Å². The molecule has 0 saturated heterocycles. The Hall–Kier alpha value is -2.11. The van der Waals surface area contributed by atoms with Crippen molar-refractivity contribution in [2.24, 2.45) is 5.41 Å². The average molecular weight is 394 g/mol. The quantitative estimate of drug-likeness (QED) is 0.569. The molecule has 0 aliphatic rings. The zero-order chi connectivity index (χ0) is 19.1. The molecule has 2 heterocycles. The molecule has 7 heteroatoms. The van der Waals surface area contributed by atoms with Gasteiger partial charge in [0.15, 0.2) is 5.82 Å². The Morgan fingerprint density at radius 1 is 1.19 bits per heavy atom. The van der Waals surface area contributed by atoms with Crippen LogP contribution in [0.25, 0.3) is 16.6 Å². The molecule has 0 saturated carbocycles. The van der Waals surface area contributed by atoms with Crippen LogP contribution in [0.15, 0.2) is 36.4 Å². The smallest absolute Gasteiger partial charge is 0.226 e. The normalized spacial score (nSPS) is 11.8. The van der Waals surface area contributed by atoms with Gasteiger partial charge in [0.25, 0.3) is 0 Å². The Labute approximate surface area is 160 Å². The lowest BCUT2D eigenvalue weighted by molar-refractivity contribution is -0.117. The van der Waals surface area contributed by atoms with Crippen LogP contribution in [0.5, 0.6) is 0 Å².